The van der Waals surface area contributed by atoms with Crippen molar-refractivity contribution in [2.24, 2.45) is 0 Å². The molecule has 0 aliphatic heterocycles. The van der Waals surface area contributed by atoms with Gasteiger partial charge in [0.15, 0.2) is 0 Å². The second-order valence-corrected chi connectivity index (χ2v) is 2.53. The number of hydrogen-bond donors (Lipinski definition) is 3. The van der Waals surface area contributed by atoms with Crippen LogP contribution in [0, 0.1) is 0 Å². The number of ketones is 1. The van der Waals surface area contributed by atoms with E-state index in [0.29, 0.717) is 0 Å². The van der Waals surface area contributed by atoms with Crippen molar-refractivity contribution in [3.8, 4) is 0 Å². The Bertz CT molecular complexity index is 293. The summed E-state index contributed by atoms with van der Waals surface area (Å²) in [6.07, 6.45) is -5.00. The molecule has 1 atom stereocenters. The summed E-state index contributed by atoms with van der Waals surface area (Å²) in [6, 6.07) is 0. The van der Waals surface area contributed by atoms with E-state index in [-0.39, 0.29) is 0 Å². The molecule has 0 heterocycles. The van der Waals surface area contributed by atoms with E-state index in [1.807, 2.05) is 0 Å². The molecule has 3 N–H and O–H groups in total. The van der Waals surface area contributed by atoms with Gasteiger partial charge >= 0.3 is 18.1 Å². The quantitative estimate of drug-likeness (QED) is 0.304. The zero-order chi connectivity index (χ0) is 12.0. The van der Waals surface area contributed by atoms with Crippen molar-refractivity contribution in [1.29, 1.82) is 0 Å². The number of Topliss-reactive ketones (excluding diaryl/α,β-unsaturated/α-hetero) is 1. The normalized spacial score (nSPS) is 11.5. The summed E-state index contributed by atoms with van der Waals surface area (Å²) in [4.78, 5) is 41.2. The molecule has 0 rings (SSSR count). The molecular formula is C7H8O8. The first-order valence-electron chi connectivity index (χ1n) is 3.70. The lowest BCUT2D eigenvalue weighted by molar-refractivity contribution is -0.152. The molecule has 8 nitrogen and oxygen atoms in total. The zero-order valence-electron chi connectivity index (χ0n) is 7.37. The first kappa shape index (κ1) is 13.0. The molecule has 1 unspecified atom stereocenters. The number of rotatable bonds is 5. The molecule has 0 amide bonds. The third-order valence-electron chi connectivity index (χ3n) is 1.24. The number of carboxylic acid groups (broad SMARTS) is 2. The highest BCUT2D eigenvalue weighted by atomic mass is 16.7. The second-order valence-electron chi connectivity index (χ2n) is 2.53. The van der Waals surface area contributed by atoms with Gasteiger partial charge in [-0.15, -0.1) is 0 Å². The summed E-state index contributed by atoms with van der Waals surface area (Å²) >= 11 is 0. The van der Waals surface area contributed by atoms with Gasteiger partial charge in [-0.2, -0.15) is 0 Å². The SMILES string of the molecule is O=C(O)CC(O)CC(=O)C(=O)OC(=O)O. The number of aliphatic carboxylic acids is 1. The van der Waals surface area contributed by atoms with Gasteiger partial charge < -0.3 is 20.1 Å². The highest BCUT2D eigenvalue weighted by Gasteiger charge is 2.23. The first-order chi connectivity index (χ1) is 6.82. The van der Waals surface area contributed by atoms with E-state index in [4.69, 9.17) is 15.3 Å². The van der Waals surface area contributed by atoms with Gasteiger partial charge in [-0.3, -0.25) is 9.59 Å². The van der Waals surface area contributed by atoms with E-state index >= 15 is 0 Å². The summed E-state index contributed by atoms with van der Waals surface area (Å²) in [5, 5.41) is 25.1. The van der Waals surface area contributed by atoms with E-state index < -0.39 is 42.8 Å². The van der Waals surface area contributed by atoms with Gasteiger partial charge in [-0.25, -0.2) is 9.59 Å². The molecule has 0 aromatic rings. The Labute approximate surface area is 83.1 Å². The number of carbonyl (C=O) groups excluding carboxylic acids is 2. The monoisotopic (exact) mass is 220 g/mol. The average molecular weight is 220 g/mol. The molecule has 0 aliphatic carbocycles. The number of esters is 1. The van der Waals surface area contributed by atoms with Crippen LogP contribution in [-0.2, 0) is 19.1 Å². The van der Waals surface area contributed by atoms with Crippen LogP contribution in [0.1, 0.15) is 12.8 Å². The highest BCUT2D eigenvalue weighted by Crippen LogP contribution is 2.00. The molecule has 0 bridgehead atoms. The Hall–Kier alpha value is -1.96. The Morgan fingerprint density at radius 1 is 1.07 bits per heavy atom. The molecule has 0 fully saturated rings. The zero-order valence-corrected chi connectivity index (χ0v) is 7.37. The Morgan fingerprint density at radius 2 is 1.60 bits per heavy atom. The van der Waals surface area contributed by atoms with Gasteiger partial charge in [0.25, 0.3) is 0 Å². The predicted molar refractivity (Wildman–Crippen MR) is 42.0 cm³/mol. The lowest BCUT2D eigenvalue weighted by Crippen LogP contribution is -2.25. The van der Waals surface area contributed by atoms with Gasteiger partial charge in [-0.05, 0) is 0 Å². The number of hydrogen-bond acceptors (Lipinski definition) is 6. The Morgan fingerprint density at radius 3 is 2.00 bits per heavy atom. The van der Waals surface area contributed by atoms with E-state index in [0.717, 1.165) is 0 Å². The van der Waals surface area contributed by atoms with Gasteiger partial charge in [0, 0.05) is 6.42 Å². The molecule has 0 saturated heterocycles. The van der Waals surface area contributed by atoms with Crippen molar-refractivity contribution in [3.63, 3.8) is 0 Å². The topological polar surface area (TPSA) is 138 Å². The van der Waals surface area contributed by atoms with Crippen molar-refractivity contribution in [2.45, 2.75) is 18.9 Å². The number of ether oxygens (including phenoxy) is 1. The fourth-order valence-electron chi connectivity index (χ4n) is 0.707. The van der Waals surface area contributed by atoms with Crippen molar-refractivity contribution in [1.82, 2.24) is 0 Å². The van der Waals surface area contributed by atoms with E-state index in [1.54, 1.807) is 0 Å². The highest BCUT2D eigenvalue weighted by molar-refractivity contribution is 6.35. The van der Waals surface area contributed by atoms with Gasteiger partial charge in [-0.1, -0.05) is 0 Å². The van der Waals surface area contributed by atoms with Crippen LogP contribution in [-0.4, -0.2) is 45.3 Å². The fraction of sp³-hybridized carbons (Fsp3) is 0.429. The molecule has 15 heavy (non-hydrogen) atoms. The standard InChI is InChI=1S/C7H8O8/c8-3(2-5(10)11)1-4(9)6(12)15-7(13)14/h3,8H,1-2H2,(H,10,11)(H,13,14). The van der Waals surface area contributed by atoms with Crippen LogP contribution in [0.3, 0.4) is 0 Å². The minimum Gasteiger partial charge on any atom is -0.481 e. The third kappa shape index (κ3) is 6.16. The summed E-state index contributed by atoms with van der Waals surface area (Å²) in [5.41, 5.74) is 0. The average Bonchev–Trinajstić information content (AvgIpc) is 2.00. The molecule has 0 aliphatic rings. The lowest BCUT2D eigenvalue weighted by atomic mass is 10.1. The fourth-order valence-corrected chi connectivity index (χ4v) is 0.707. The van der Waals surface area contributed by atoms with Crippen LogP contribution in [0.25, 0.3) is 0 Å². The number of aliphatic hydroxyl groups is 1. The van der Waals surface area contributed by atoms with Crippen molar-refractivity contribution in [2.75, 3.05) is 0 Å². The molecule has 0 saturated carbocycles. The van der Waals surface area contributed by atoms with Crippen LogP contribution in [0.2, 0.25) is 0 Å². The molecule has 8 heteroatoms. The van der Waals surface area contributed by atoms with Gasteiger partial charge in [0.2, 0.25) is 5.78 Å². The smallest absolute Gasteiger partial charge is 0.481 e. The van der Waals surface area contributed by atoms with Crippen LogP contribution >= 0.6 is 0 Å². The largest absolute Gasteiger partial charge is 0.513 e. The van der Waals surface area contributed by atoms with E-state index in [9.17, 15) is 19.2 Å². The lowest BCUT2D eigenvalue weighted by Gasteiger charge is -2.04. The molecule has 0 aromatic heterocycles. The van der Waals surface area contributed by atoms with E-state index in [1.165, 1.54) is 0 Å². The number of aliphatic hydroxyl groups excluding tert-OH is 1. The van der Waals surface area contributed by atoms with Crippen LogP contribution < -0.4 is 0 Å². The van der Waals surface area contributed by atoms with Gasteiger partial charge in [0.05, 0.1) is 12.5 Å². The van der Waals surface area contributed by atoms with Crippen LogP contribution in [0.4, 0.5) is 4.79 Å². The molecular weight excluding hydrogens is 212 g/mol. The van der Waals surface area contributed by atoms with Crippen molar-refractivity contribution >= 4 is 23.9 Å². The second kappa shape index (κ2) is 5.70. The summed E-state index contributed by atoms with van der Waals surface area (Å²) in [5.74, 6) is -4.29. The first-order valence-corrected chi connectivity index (χ1v) is 3.70. The molecule has 0 radical (unpaired) electrons. The Balaban J connectivity index is 4.07. The molecule has 0 aromatic carbocycles. The number of carboxylic acids is 1. The maximum absolute atomic E-state index is 10.8. The summed E-state index contributed by atoms with van der Waals surface area (Å²) in [7, 11) is 0. The minimum atomic E-state index is -1.94. The van der Waals surface area contributed by atoms with Crippen LogP contribution in [0.5, 0.6) is 0 Å². The Kier molecular flexibility index (Phi) is 4.96. The molecule has 84 valence electrons. The third-order valence-corrected chi connectivity index (χ3v) is 1.24. The van der Waals surface area contributed by atoms with Crippen LogP contribution in [0.15, 0.2) is 0 Å². The molecule has 0 spiro atoms. The van der Waals surface area contributed by atoms with Crippen molar-refractivity contribution in [3.05, 3.63) is 0 Å². The van der Waals surface area contributed by atoms with E-state index in [2.05, 4.69) is 4.74 Å². The van der Waals surface area contributed by atoms with Gasteiger partial charge in [0.1, 0.15) is 0 Å². The van der Waals surface area contributed by atoms with Crippen molar-refractivity contribution < 1.29 is 39.2 Å². The summed E-state index contributed by atoms with van der Waals surface area (Å²) in [6.45, 7) is 0. The summed E-state index contributed by atoms with van der Waals surface area (Å²) < 4.78 is 3.49. The number of carbonyl (C=O) groups is 4. The maximum atomic E-state index is 10.8. The minimum absolute atomic E-state index is 0.716. The predicted octanol–water partition coefficient (Wildman–Crippen LogP) is -0.998. The maximum Gasteiger partial charge on any atom is 0.513 e.